The number of aryl methyl sites for hydroxylation is 1. The van der Waals surface area contributed by atoms with Crippen molar-refractivity contribution in [2.24, 2.45) is 5.73 Å². The van der Waals surface area contributed by atoms with Crippen molar-refractivity contribution >= 4 is 18.3 Å². The SMILES string of the molecule is NCCCCc1ccc(N)c(S)c1. The molecule has 72 valence electrons. The van der Waals surface area contributed by atoms with Gasteiger partial charge in [0.05, 0.1) is 0 Å². The third kappa shape index (κ3) is 3.28. The van der Waals surface area contributed by atoms with Gasteiger partial charge in [0.1, 0.15) is 0 Å². The van der Waals surface area contributed by atoms with E-state index in [1.165, 1.54) is 5.56 Å². The van der Waals surface area contributed by atoms with Crippen molar-refractivity contribution < 1.29 is 0 Å². The lowest BCUT2D eigenvalue weighted by Crippen LogP contribution is -1.99. The van der Waals surface area contributed by atoms with Crippen LogP contribution in [0.2, 0.25) is 0 Å². The van der Waals surface area contributed by atoms with Gasteiger partial charge < -0.3 is 11.5 Å². The summed E-state index contributed by atoms with van der Waals surface area (Å²) in [6.07, 6.45) is 3.27. The van der Waals surface area contributed by atoms with Gasteiger partial charge in [-0.2, -0.15) is 0 Å². The summed E-state index contributed by atoms with van der Waals surface area (Å²) in [5.41, 5.74) is 13.1. The van der Waals surface area contributed by atoms with E-state index in [9.17, 15) is 0 Å². The normalized spacial score (nSPS) is 10.3. The molecule has 0 saturated carbocycles. The quantitative estimate of drug-likeness (QED) is 0.391. The lowest BCUT2D eigenvalue weighted by Gasteiger charge is -2.03. The molecule has 0 amide bonds. The van der Waals surface area contributed by atoms with Crippen molar-refractivity contribution in [3.05, 3.63) is 23.8 Å². The van der Waals surface area contributed by atoms with Crippen molar-refractivity contribution in [3.63, 3.8) is 0 Å². The van der Waals surface area contributed by atoms with Crippen LogP contribution in [-0.4, -0.2) is 6.54 Å². The Labute approximate surface area is 84.7 Å². The summed E-state index contributed by atoms with van der Waals surface area (Å²) in [4.78, 5) is 0.866. The summed E-state index contributed by atoms with van der Waals surface area (Å²) in [5, 5.41) is 0. The van der Waals surface area contributed by atoms with E-state index in [0.717, 1.165) is 36.4 Å². The molecule has 0 aliphatic carbocycles. The molecular weight excluding hydrogens is 180 g/mol. The second kappa shape index (κ2) is 5.14. The molecule has 3 heteroatoms. The highest BCUT2D eigenvalue weighted by atomic mass is 32.1. The molecular formula is C10H16N2S. The number of rotatable bonds is 4. The fraction of sp³-hybridized carbons (Fsp3) is 0.400. The second-order valence-corrected chi connectivity index (χ2v) is 3.62. The Kier molecular flexibility index (Phi) is 4.12. The third-order valence-electron chi connectivity index (χ3n) is 2.01. The van der Waals surface area contributed by atoms with Gasteiger partial charge in [-0.25, -0.2) is 0 Å². The molecule has 0 heterocycles. The standard InChI is InChI=1S/C10H16N2S/c11-6-2-1-3-8-4-5-9(12)10(13)7-8/h4-5,7,13H,1-3,6,11-12H2. The van der Waals surface area contributed by atoms with E-state index in [4.69, 9.17) is 11.5 Å². The van der Waals surface area contributed by atoms with Crippen LogP contribution in [0.15, 0.2) is 23.1 Å². The highest BCUT2D eigenvalue weighted by molar-refractivity contribution is 7.80. The van der Waals surface area contributed by atoms with E-state index in [1.54, 1.807) is 0 Å². The van der Waals surface area contributed by atoms with Gasteiger partial charge in [0.15, 0.2) is 0 Å². The molecule has 0 saturated heterocycles. The molecule has 4 N–H and O–H groups in total. The summed E-state index contributed by atoms with van der Waals surface area (Å²) >= 11 is 4.26. The van der Waals surface area contributed by atoms with Crippen molar-refractivity contribution in [2.45, 2.75) is 24.2 Å². The van der Waals surface area contributed by atoms with E-state index in [1.807, 2.05) is 18.2 Å². The van der Waals surface area contributed by atoms with E-state index < -0.39 is 0 Å². The van der Waals surface area contributed by atoms with Gasteiger partial charge in [-0.15, -0.1) is 12.6 Å². The molecule has 0 spiro atoms. The Morgan fingerprint density at radius 2 is 2.00 bits per heavy atom. The second-order valence-electron chi connectivity index (χ2n) is 3.14. The van der Waals surface area contributed by atoms with Crippen molar-refractivity contribution in [1.82, 2.24) is 0 Å². The summed E-state index contributed by atoms with van der Waals surface area (Å²) in [6, 6.07) is 5.97. The van der Waals surface area contributed by atoms with Crippen molar-refractivity contribution in [2.75, 3.05) is 12.3 Å². The Morgan fingerprint density at radius 1 is 1.23 bits per heavy atom. The molecule has 0 bridgehead atoms. The number of nitrogens with two attached hydrogens (primary N) is 2. The van der Waals surface area contributed by atoms with Gasteiger partial charge in [-0.1, -0.05) is 6.07 Å². The lowest BCUT2D eigenvalue weighted by molar-refractivity contribution is 0.744. The first-order chi connectivity index (χ1) is 6.24. The van der Waals surface area contributed by atoms with Gasteiger partial charge >= 0.3 is 0 Å². The molecule has 1 rings (SSSR count). The van der Waals surface area contributed by atoms with Gasteiger partial charge in [0, 0.05) is 10.6 Å². The maximum atomic E-state index is 5.65. The minimum Gasteiger partial charge on any atom is -0.398 e. The van der Waals surface area contributed by atoms with E-state index >= 15 is 0 Å². The maximum absolute atomic E-state index is 5.65. The number of thiol groups is 1. The van der Waals surface area contributed by atoms with Crippen LogP contribution < -0.4 is 11.5 Å². The monoisotopic (exact) mass is 196 g/mol. The molecule has 0 fully saturated rings. The topological polar surface area (TPSA) is 52.0 Å². The van der Waals surface area contributed by atoms with Crippen LogP contribution in [0.5, 0.6) is 0 Å². The fourth-order valence-corrected chi connectivity index (χ4v) is 1.46. The smallest absolute Gasteiger partial charge is 0.0449 e. The number of anilines is 1. The molecule has 0 atom stereocenters. The first kappa shape index (κ1) is 10.4. The maximum Gasteiger partial charge on any atom is 0.0449 e. The zero-order chi connectivity index (χ0) is 9.68. The van der Waals surface area contributed by atoms with Crippen LogP contribution in [0.4, 0.5) is 5.69 Å². The number of unbranched alkanes of at least 4 members (excludes halogenated alkanes) is 1. The molecule has 0 radical (unpaired) electrons. The zero-order valence-electron chi connectivity index (χ0n) is 7.66. The van der Waals surface area contributed by atoms with Gasteiger partial charge in [-0.05, 0) is 43.5 Å². The molecule has 0 unspecified atom stereocenters. The van der Waals surface area contributed by atoms with Gasteiger partial charge in [-0.3, -0.25) is 0 Å². The lowest BCUT2D eigenvalue weighted by atomic mass is 10.1. The Balaban J connectivity index is 2.53. The average Bonchev–Trinajstić information content (AvgIpc) is 2.12. The molecule has 1 aromatic rings. The molecule has 0 aliphatic heterocycles. The minimum absolute atomic E-state index is 0.742. The third-order valence-corrected chi connectivity index (χ3v) is 2.40. The predicted octanol–water partition coefficient (Wildman–Crippen LogP) is 1.84. The summed E-state index contributed by atoms with van der Waals surface area (Å²) in [5.74, 6) is 0. The van der Waals surface area contributed by atoms with Crippen molar-refractivity contribution in [1.29, 1.82) is 0 Å². The molecule has 1 aromatic carbocycles. The Hall–Kier alpha value is -0.670. The highest BCUT2D eigenvalue weighted by Gasteiger charge is 1.96. The number of nitrogen functional groups attached to an aromatic ring is 1. The fourth-order valence-electron chi connectivity index (χ4n) is 1.22. The van der Waals surface area contributed by atoms with E-state index in [0.29, 0.717) is 0 Å². The van der Waals surface area contributed by atoms with Crippen LogP contribution in [0.3, 0.4) is 0 Å². The van der Waals surface area contributed by atoms with Crippen LogP contribution in [-0.2, 0) is 6.42 Å². The number of hydrogen-bond donors (Lipinski definition) is 3. The largest absolute Gasteiger partial charge is 0.398 e. The Bertz CT molecular complexity index is 274. The van der Waals surface area contributed by atoms with Gasteiger partial charge in [0.2, 0.25) is 0 Å². The highest BCUT2D eigenvalue weighted by Crippen LogP contribution is 2.18. The van der Waals surface area contributed by atoms with Crippen LogP contribution in [0, 0.1) is 0 Å². The van der Waals surface area contributed by atoms with Crippen LogP contribution in [0.25, 0.3) is 0 Å². The number of hydrogen-bond acceptors (Lipinski definition) is 3. The average molecular weight is 196 g/mol. The van der Waals surface area contributed by atoms with Crippen molar-refractivity contribution in [3.8, 4) is 0 Å². The Morgan fingerprint density at radius 3 is 2.62 bits per heavy atom. The molecule has 13 heavy (non-hydrogen) atoms. The van der Waals surface area contributed by atoms with Crippen LogP contribution >= 0.6 is 12.6 Å². The predicted molar refractivity (Wildman–Crippen MR) is 60.1 cm³/mol. The molecule has 2 nitrogen and oxygen atoms in total. The summed E-state index contributed by atoms with van der Waals surface area (Å²) in [7, 11) is 0. The summed E-state index contributed by atoms with van der Waals surface area (Å²) in [6.45, 7) is 0.767. The first-order valence-electron chi connectivity index (χ1n) is 4.51. The zero-order valence-corrected chi connectivity index (χ0v) is 8.56. The first-order valence-corrected chi connectivity index (χ1v) is 4.96. The molecule has 0 aromatic heterocycles. The van der Waals surface area contributed by atoms with Gasteiger partial charge in [0.25, 0.3) is 0 Å². The van der Waals surface area contributed by atoms with E-state index in [-0.39, 0.29) is 0 Å². The van der Waals surface area contributed by atoms with E-state index in [2.05, 4.69) is 12.6 Å². The number of benzene rings is 1. The molecule has 0 aliphatic rings. The van der Waals surface area contributed by atoms with Crippen LogP contribution in [0.1, 0.15) is 18.4 Å². The minimum atomic E-state index is 0.742. The summed E-state index contributed by atoms with van der Waals surface area (Å²) < 4.78 is 0.